The number of nitrogens with zero attached hydrogens (tertiary/aromatic N) is 1. The molecule has 0 bridgehead atoms. The van der Waals surface area contributed by atoms with Gasteiger partial charge < -0.3 is 4.74 Å². The monoisotopic (exact) mass is 333 g/mol. The summed E-state index contributed by atoms with van der Waals surface area (Å²) in [5.41, 5.74) is -0.722. The molecule has 0 unspecified atom stereocenters. The van der Waals surface area contributed by atoms with Gasteiger partial charge in [-0.3, -0.25) is 4.57 Å². The number of hydrogen-bond donors (Lipinski definition) is 0. The highest BCUT2D eigenvalue weighted by molar-refractivity contribution is 6.18. The summed E-state index contributed by atoms with van der Waals surface area (Å²) in [6.07, 6.45) is -3.70. The van der Waals surface area contributed by atoms with Crippen molar-refractivity contribution in [1.82, 2.24) is 4.57 Å². The summed E-state index contributed by atoms with van der Waals surface area (Å²) in [5, 5.41) is 0.288. The van der Waals surface area contributed by atoms with E-state index in [0.29, 0.717) is 11.1 Å². The minimum atomic E-state index is -4.45. The first-order valence-corrected chi connectivity index (χ1v) is 7.07. The van der Waals surface area contributed by atoms with Crippen LogP contribution in [0, 0.1) is 0 Å². The van der Waals surface area contributed by atoms with E-state index in [9.17, 15) is 18.0 Å². The smallest absolute Gasteiger partial charge is 0.419 e. The molecule has 0 amide bonds. The maximum absolute atomic E-state index is 12.8. The molecule has 3 nitrogen and oxygen atoms in total. The first-order chi connectivity index (χ1) is 10.0. The SMILES string of the molecule is CC(C)(C)OC(=O)n1cc(CCl)c2cc(C(F)(F)F)ccc21. The molecule has 0 N–H and O–H groups in total. The van der Waals surface area contributed by atoms with Gasteiger partial charge in [0.05, 0.1) is 11.1 Å². The lowest BCUT2D eigenvalue weighted by Gasteiger charge is -2.19. The van der Waals surface area contributed by atoms with Crippen molar-refractivity contribution >= 4 is 28.6 Å². The van der Waals surface area contributed by atoms with Crippen LogP contribution in [0.3, 0.4) is 0 Å². The van der Waals surface area contributed by atoms with Gasteiger partial charge in [0, 0.05) is 17.5 Å². The number of benzene rings is 1. The first kappa shape index (κ1) is 16.7. The minimum Gasteiger partial charge on any atom is -0.443 e. The van der Waals surface area contributed by atoms with Crippen molar-refractivity contribution in [1.29, 1.82) is 0 Å². The van der Waals surface area contributed by atoms with Crippen LogP contribution in [0.25, 0.3) is 10.9 Å². The fourth-order valence-electron chi connectivity index (χ4n) is 2.04. The summed E-state index contributed by atoms with van der Waals surface area (Å²) in [4.78, 5) is 12.2. The second kappa shape index (κ2) is 5.50. The number of halogens is 4. The molecular formula is C15H15ClF3NO2. The van der Waals surface area contributed by atoms with Gasteiger partial charge in [-0.2, -0.15) is 13.2 Å². The number of carbonyl (C=O) groups excluding carboxylic acids is 1. The molecule has 7 heteroatoms. The Bertz CT molecular complexity index is 714. The maximum atomic E-state index is 12.8. The molecule has 0 fully saturated rings. The summed E-state index contributed by atoms with van der Waals surface area (Å²) in [5.74, 6) is -0.00634. The van der Waals surface area contributed by atoms with E-state index in [4.69, 9.17) is 16.3 Å². The van der Waals surface area contributed by atoms with Gasteiger partial charge in [-0.1, -0.05) is 0 Å². The van der Waals surface area contributed by atoms with Crippen molar-refractivity contribution in [2.75, 3.05) is 0 Å². The van der Waals surface area contributed by atoms with Crippen molar-refractivity contribution in [2.45, 2.75) is 38.4 Å². The van der Waals surface area contributed by atoms with Crippen LogP contribution in [0.4, 0.5) is 18.0 Å². The Kier molecular flexibility index (Phi) is 4.17. The van der Waals surface area contributed by atoms with Gasteiger partial charge in [0.25, 0.3) is 0 Å². The van der Waals surface area contributed by atoms with E-state index in [0.717, 1.165) is 12.1 Å². The molecule has 1 aromatic carbocycles. The van der Waals surface area contributed by atoms with Gasteiger partial charge >= 0.3 is 12.3 Å². The second-order valence-electron chi connectivity index (χ2n) is 5.87. The van der Waals surface area contributed by atoms with Crippen LogP contribution in [0.5, 0.6) is 0 Å². The summed E-state index contributed by atoms with van der Waals surface area (Å²) >= 11 is 5.78. The van der Waals surface area contributed by atoms with E-state index in [1.54, 1.807) is 20.8 Å². The zero-order chi connectivity index (χ0) is 16.7. The minimum absolute atomic E-state index is 0.00634. The van der Waals surface area contributed by atoms with E-state index in [1.807, 2.05) is 0 Å². The average Bonchev–Trinajstić information content (AvgIpc) is 2.73. The molecule has 0 atom stereocenters. The van der Waals surface area contributed by atoms with Crippen LogP contribution in [0.2, 0.25) is 0 Å². The second-order valence-corrected chi connectivity index (χ2v) is 6.14. The summed E-state index contributed by atoms with van der Waals surface area (Å²) in [7, 11) is 0. The van der Waals surface area contributed by atoms with Crippen molar-refractivity contribution in [3.63, 3.8) is 0 Å². The first-order valence-electron chi connectivity index (χ1n) is 6.53. The number of fused-ring (bicyclic) bond motifs is 1. The predicted octanol–water partition coefficient (Wildman–Crippen LogP) is 5.18. The fraction of sp³-hybridized carbons (Fsp3) is 0.400. The van der Waals surface area contributed by atoms with Gasteiger partial charge in [-0.15, -0.1) is 11.6 Å². The van der Waals surface area contributed by atoms with Crippen LogP contribution in [-0.2, 0) is 16.8 Å². The molecule has 0 saturated carbocycles. The van der Waals surface area contributed by atoms with Gasteiger partial charge in [0.1, 0.15) is 5.60 Å². The predicted molar refractivity (Wildman–Crippen MR) is 78.1 cm³/mol. The Labute approximate surface area is 130 Å². The Morgan fingerprint density at radius 3 is 2.41 bits per heavy atom. The average molecular weight is 334 g/mol. The van der Waals surface area contributed by atoms with E-state index in [1.165, 1.54) is 16.8 Å². The topological polar surface area (TPSA) is 31.2 Å². The highest BCUT2D eigenvalue weighted by atomic mass is 35.5. The lowest BCUT2D eigenvalue weighted by molar-refractivity contribution is -0.137. The zero-order valence-electron chi connectivity index (χ0n) is 12.3. The van der Waals surface area contributed by atoms with E-state index in [-0.39, 0.29) is 11.3 Å². The van der Waals surface area contributed by atoms with Crippen molar-refractivity contribution in [3.05, 3.63) is 35.5 Å². The van der Waals surface area contributed by atoms with Gasteiger partial charge in [0.15, 0.2) is 0 Å². The summed E-state index contributed by atoms with van der Waals surface area (Å²) < 4.78 is 44.8. The molecule has 0 spiro atoms. The molecule has 22 heavy (non-hydrogen) atoms. The van der Waals surface area contributed by atoms with E-state index < -0.39 is 23.4 Å². The molecule has 0 aliphatic rings. The fourth-order valence-corrected chi connectivity index (χ4v) is 2.26. The lowest BCUT2D eigenvalue weighted by Crippen LogP contribution is -2.26. The summed E-state index contributed by atoms with van der Waals surface area (Å²) in [6.45, 7) is 5.13. The van der Waals surface area contributed by atoms with Gasteiger partial charge in [-0.25, -0.2) is 4.79 Å². The summed E-state index contributed by atoms with van der Waals surface area (Å²) in [6, 6.07) is 3.17. The Morgan fingerprint density at radius 2 is 1.91 bits per heavy atom. The van der Waals surface area contributed by atoms with Crippen LogP contribution in [0.1, 0.15) is 31.9 Å². The number of carbonyl (C=O) groups is 1. The maximum Gasteiger partial charge on any atom is 0.419 e. The van der Waals surface area contributed by atoms with Crippen LogP contribution in [-0.4, -0.2) is 16.3 Å². The third kappa shape index (κ3) is 3.38. The highest BCUT2D eigenvalue weighted by Crippen LogP contribution is 2.33. The van der Waals surface area contributed by atoms with Gasteiger partial charge in [0.2, 0.25) is 0 Å². The molecule has 0 aliphatic heterocycles. The quantitative estimate of drug-likeness (QED) is 0.673. The molecule has 0 saturated heterocycles. The lowest BCUT2D eigenvalue weighted by atomic mass is 10.1. The number of alkyl halides is 4. The molecule has 1 aromatic heterocycles. The van der Waals surface area contributed by atoms with Crippen LogP contribution >= 0.6 is 11.6 Å². The zero-order valence-corrected chi connectivity index (χ0v) is 13.0. The van der Waals surface area contributed by atoms with Crippen LogP contribution in [0.15, 0.2) is 24.4 Å². The van der Waals surface area contributed by atoms with Gasteiger partial charge in [-0.05, 0) is 44.5 Å². The van der Waals surface area contributed by atoms with Crippen molar-refractivity contribution in [2.24, 2.45) is 0 Å². The van der Waals surface area contributed by atoms with E-state index >= 15 is 0 Å². The molecule has 0 radical (unpaired) electrons. The Morgan fingerprint density at radius 1 is 1.27 bits per heavy atom. The normalized spacial score (nSPS) is 12.7. The van der Waals surface area contributed by atoms with Crippen LogP contribution < -0.4 is 0 Å². The Balaban J connectivity index is 2.56. The largest absolute Gasteiger partial charge is 0.443 e. The molecule has 1 heterocycles. The third-order valence-corrected chi connectivity index (χ3v) is 3.24. The standard InChI is InChI=1S/C15H15ClF3NO2/c1-14(2,3)22-13(21)20-8-9(7-16)11-6-10(15(17,18)19)4-5-12(11)20/h4-6,8H,7H2,1-3H3. The van der Waals surface area contributed by atoms with Crippen molar-refractivity contribution in [3.8, 4) is 0 Å². The molecule has 0 aliphatic carbocycles. The number of rotatable bonds is 1. The molecule has 2 aromatic rings. The number of aromatic nitrogens is 1. The number of ether oxygens (including phenoxy) is 1. The molecule has 2 rings (SSSR count). The van der Waals surface area contributed by atoms with Crippen molar-refractivity contribution < 1.29 is 22.7 Å². The number of hydrogen-bond acceptors (Lipinski definition) is 2. The van der Waals surface area contributed by atoms with E-state index in [2.05, 4.69) is 0 Å². The molecule has 120 valence electrons. The third-order valence-electron chi connectivity index (χ3n) is 2.95. The Hall–Kier alpha value is -1.69. The molecular weight excluding hydrogens is 319 g/mol. The highest BCUT2D eigenvalue weighted by Gasteiger charge is 2.31.